The molecule has 1 aliphatic rings. The number of likely N-dealkylation sites (tertiary alicyclic amines) is 1. The van der Waals surface area contributed by atoms with Crippen LogP contribution in [0.2, 0.25) is 0 Å². The minimum Gasteiger partial charge on any atom is -0.326 e. The molecule has 2 rings (SSSR count). The normalized spacial score (nSPS) is 21.3. The van der Waals surface area contributed by atoms with Crippen molar-refractivity contribution in [2.75, 3.05) is 13.1 Å². The fourth-order valence-corrected chi connectivity index (χ4v) is 2.22. The van der Waals surface area contributed by atoms with Crippen LogP contribution in [0, 0.1) is 0 Å². The molecule has 1 fully saturated rings. The number of aromatic nitrogens is 1. The minimum absolute atomic E-state index is 0. The third-order valence-corrected chi connectivity index (χ3v) is 2.94. The van der Waals surface area contributed by atoms with Crippen LogP contribution in [-0.2, 0) is 6.54 Å². The van der Waals surface area contributed by atoms with Crippen molar-refractivity contribution in [2.24, 2.45) is 5.73 Å². The van der Waals surface area contributed by atoms with Crippen LogP contribution in [-0.4, -0.2) is 29.0 Å². The Morgan fingerprint density at radius 2 is 2.40 bits per heavy atom. The molecule has 1 aliphatic heterocycles. The Morgan fingerprint density at radius 1 is 1.60 bits per heavy atom. The van der Waals surface area contributed by atoms with E-state index in [0.717, 1.165) is 30.7 Å². The van der Waals surface area contributed by atoms with E-state index in [0.29, 0.717) is 6.04 Å². The molecule has 1 atom stereocenters. The zero-order chi connectivity index (χ0) is 9.97. The SMILES string of the molecule is Cl.NC1CCN(Cc2ccnc(Br)c2)C1. The maximum Gasteiger partial charge on any atom is 0.106 e. The molecule has 2 heterocycles. The largest absolute Gasteiger partial charge is 0.326 e. The minimum atomic E-state index is 0. The summed E-state index contributed by atoms with van der Waals surface area (Å²) in [7, 11) is 0. The van der Waals surface area contributed by atoms with Crippen molar-refractivity contribution in [1.29, 1.82) is 0 Å². The number of nitrogens with zero attached hydrogens (tertiary/aromatic N) is 2. The molecule has 0 aromatic carbocycles. The van der Waals surface area contributed by atoms with Crippen LogP contribution in [0.4, 0.5) is 0 Å². The first-order valence-electron chi connectivity index (χ1n) is 4.82. The Labute approximate surface area is 105 Å². The van der Waals surface area contributed by atoms with Crippen molar-refractivity contribution in [2.45, 2.75) is 19.0 Å². The lowest BCUT2D eigenvalue weighted by Crippen LogP contribution is -2.26. The van der Waals surface area contributed by atoms with E-state index in [2.05, 4.69) is 37.9 Å². The van der Waals surface area contributed by atoms with E-state index in [1.54, 1.807) is 0 Å². The molecule has 0 amide bonds. The van der Waals surface area contributed by atoms with Gasteiger partial charge in [-0.2, -0.15) is 0 Å². The second-order valence-electron chi connectivity index (χ2n) is 3.77. The van der Waals surface area contributed by atoms with Gasteiger partial charge in [-0.3, -0.25) is 4.90 Å². The predicted octanol–water partition coefficient (Wildman–Crippen LogP) is 1.80. The molecule has 1 saturated heterocycles. The Kier molecular flexibility index (Phi) is 4.99. The molecule has 3 nitrogen and oxygen atoms in total. The molecular weight excluding hydrogens is 277 g/mol. The Morgan fingerprint density at radius 3 is 3.00 bits per heavy atom. The smallest absolute Gasteiger partial charge is 0.106 e. The van der Waals surface area contributed by atoms with Gasteiger partial charge < -0.3 is 5.73 Å². The molecule has 1 aromatic heterocycles. The summed E-state index contributed by atoms with van der Waals surface area (Å²) in [4.78, 5) is 6.48. The van der Waals surface area contributed by atoms with Crippen molar-refractivity contribution in [3.8, 4) is 0 Å². The van der Waals surface area contributed by atoms with Gasteiger partial charge in [0.1, 0.15) is 4.60 Å². The standard InChI is InChI=1S/C10H14BrN3.ClH/c11-10-5-8(1-3-13-10)6-14-4-2-9(12)7-14;/h1,3,5,9H,2,4,6-7,12H2;1H. The van der Waals surface area contributed by atoms with Crippen molar-refractivity contribution in [3.63, 3.8) is 0 Å². The lowest BCUT2D eigenvalue weighted by Gasteiger charge is -2.14. The number of pyridine rings is 1. The summed E-state index contributed by atoms with van der Waals surface area (Å²) < 4.78 is 0.901. The number of hydrogen-bond acceptors (Lipinski definition) is 3. The zero-order valence-corrected chi connectivity index (χ0v) is 10.8. The molecule has 0 spiro atoms. The average Bonchev–Trinajstić information content (AvgIpc) is 2.51. The summed E-state index contributed by atoms with van der Waals surface area (Å²) >= 11 is 3.37. The van der Waals surface area contributed by atoms with Gasteiger partial charge in [0, 0.05) is 31.9 Å². The summed E-state index contributed by atoms with van der Waals surface area (Å²) in [5.41, 5.74) is 7.14. The molecule has 0 bridgehead atoms. The monoisotopic (exact) mass is 291 g/mol. The van der Waals surface area contributed by atoms with E-state index < -0.39 is 0 Å². The predicted molar refractivity (Wildman–Crippen MR) is 67.1 cm³/mol. The first-order chi connectivity index (χ1) is 6.74. The highest BCUT2D eigenvalue weighted by atomic mass is 79.9. The summed E-state index contributed by atoms with van der Waals surface area (Å²) in [6, 6.07) is 4.47. The fraction of sp³-hybridized carbons (Fsp3) is 0.500. The van der Waals surface area contributed by atoms with E-state index in [1.165, 1.54) is 5.56 Å². The molecule has 0 aliphatic carbocycles. The van der Waals surface area contributed by atoms with Gasteiger partial charge in [0.2, 0.25) is 0 Å². The number of halogens is 2. The van der Waals surface area contributed by atoms with Crippen molar-refractivity contribution in [1.82, 2.24) is 9.88 Å². The number of nitrogens with two attached hydrogens (primary N) is 1. The molecule has 1 unspecified atom stereocenters. The highest BCUT2D eigenvalue weighted by Crippen LogP contribution is 2.14. The Hall–Kier alpha value is -0.160. The highest BCUT2D eigenvalue weighted by Gasteiger charge is 2.18. The van der Waals surface area contributed by atoms with E-state index in [9.17, 15) is 0 Å². The third kappa shape index (κ3) is 3.72. The molecule has 0 saturated carbocycles. The molecule has 2 N–H and O–H groups in total. The number of hydrogen-bond donors (Lipinski definition) is 1. The van der Waals surface area contributed by atoms with Crippen LogP contribution in [0.15, 0.2) is 22.9 Å². The summed E-state index contributed by atoms with van der Waals surface area (Å²) in [5, 5.41) is 0. The molecule has 0 radical (unpaired) electrons. The molecule has 5 heteroatoms. The summed E-state index contributed by atoms with van der Waals surface area (Å²) in [5.74, 6) is 0. The third-order valence-electron chi connectivity index (χ3n) is 2.51. The van der Waals surface area contributed by atoms with Gasteiger partial charge in [0.25, 0.3) is 0 Å². The summed E-state index contributed by atoms with van der Waals surface area (Å²) in [6.45, 7) is 3.11. The molecule has 84 valence electrons. The van der Waals surface area contributed by atoms with Crippen LogP contribution in [0.1, 0.15) is 12.0 Å². The number of rotatable bonds is 2. The first-order valence-corrected chi connectivity index (χ1v) is 5.62. The van der Waals surface area contributed by atoms with Crippen molar-refractivity contribution >= 4 is 28.3 Å². The molecule has 1 aromatic rings. The van der Waals surface area contributed by atoms with E-state index in [4.69, 9.17) is 5.73 Å². The zero-order valence-electron chi connectivity index (χ0n) is 8.40. The van der Waals surface area contributed by atoms with Gasteiger partial charge in [0.15, 0.2) is 0 Å². The van der Waals surface area contributed by atoms with E-state index in [-0.39, 0.29) is 12.4 Å². The van der Waals surface area contributed by atoms with Gasteiger partial charge in [0.05, 0.1) is 0 Å². The van der Waals surface area contributed by atoms with Crippen LogP contribution in [0.5, 0.6) is 0 Å². The van der Waals surface area contributed by atoms with Crippen molar-refractivity contribution in [3.05, 3.63) is 28.5 Å². The lowest BCUT2D eigenvalue weighted by atomic mass is 10.2. The van der Waals surface area contributed by atoms with Crippen LogP contribution >= 0.6 is 28.3 Å². The first kappa shape index (κ1) is 12.9. The molecule has 15 heavy (non-hydrogen) atoms. The fourth-order valence-electron chi connectivity index (χ4n) is 1.81. The van der Waals surface area contributed by atoms with Crippen LogP contribution in [0.25, 0.3) is 0 Å². The van der Waals surface area contributed by atoms with Crippen LogP contribution in [0.3, 0.4) is 0 Å². The maximum atomic E-state index is 5.85. The van der Waals surface area contributed by atoms with Crippen LogP contribution < -0.4 is 5.73 Å². The maximum absolute atomic E-state index is 5.85. The summed E-state index contributed by atoms with van der Waals surface area (Å²) in [6.07, 6.45) is 2.95. The average molecular weight is 293 g/mol. The van der Waals surface area contributed by atoms with Gasteiger partial charge in [-0.25, -0.2) is 4.98 Å². The van der Waals surface area contributed by atoms with Gasteiger partial charge >= 0.3 is 0 Å². The van der Waals surface area contributed by atoms with Crippen molar-refractivity contribution < 1.29 is 0 Å². The molecular formula is C10H15BrClN3. The highest BCUT2D eigenvalue weighted by molar-refractivity contribution is 9.10. The van der Waals surface area contributed by atoms with Gasteiger partial charge in [-0.1, -0.05) is 0 Å². The van der Waals surface area contributed by atoms with Gasteiger partial charge in [-0.15, -0.1) is 12.4 Å². The topological polar surface area (TPSA) is 42.1 Å². The lowest BCUT2D eigenvalue weighted by molar-refractivity contribution is 0.327. The second-order valence-corrected chi connectivity index (χ2v) is 4.58. The van der Waals surface area contributed by atoms with E-state index in [1.807, 2.05) is 6.20 Å². The van der Waals surface area contributed by atoms with E-state index >= 15 is 0 Å². The second kappa shape index (κ2) is 5.80. The van der Waals surface area contributed by atoms with Gasteiger partial charge in [-0.05, 0) is 40.0 Å². The Bertz CT molecular complexity index is 321. The quantitative estimate of drug-likeness (QED) is 0.845. The Balaban J connectivity index is 0.00000112.